The van der Waals surface area contributed by atoms with E-state index in [1.54, 1.807) is 42.5 Å². The predicted octanol–water partition coefficient (Wildman–Crippen LogP) is 5.76. The van der Waals surface area contributed by atoms with E-state index in [1.807, 2.05) is 0 Å². The lowest BCUT2D eigenvalue weighted by Crippen LogP contribution is -2.63. The van der Waals surface area contributed by atoms with Gasteiger partial charge in [-0.15, -0.1) is 0 Å². The van der Waals surface area contributed by atoms with Crippen molar-refractivity contribution >= 4 is 17.7 Å². The molecule has 0 N–H and O–H groups in total. The number of benzene rings is 3. The molecule has 0 saturated heterocycles. The van der Waals surface area contributed by atoms with Gasteiger partial charge in [-0.3, -0.25) is 9.80 Å². The molecule has 2 aliphatic heterocycles. The van der Waals surface area contributed by atoms with Gasteiger partial charge in [-0.25, -0.2) is 9.59 Å². The highest BCUT2D eigenvalue weighted by Gasteiger charge is 2.72. The third-order valence-corrected chi connectivity index (χ3v) is 7.20. The summed E-state index contributed by atoms with van der Waals surface area (Å²) >= 11 is 0. The predicted molar refractivity (Wildman–Crippen MR) is 136 cm³/mol. The standard InChI is InChI=1S/C29H25F3N2O5/c1-37-20-11-9-18(10-12-20)16-33-24-14-13-21(38-2)15-23(24)28(29(30,31)32)25(19-7-5-4-6-8-19)22(26(35)39-3)17-34(28)27(33)36/h4-15,17,25H,16H2,1-3H3/t25-,28-/m1/s1. The number of nitrogens with zero attached hydrogens (tertiary/aromatic N) is 2. The molecule has 0 aromatic heterocycles. The highest BCUT2D eigenvalue weighted by molar-refractivity contribution is 6.01. The number of ether oxygens (including phenoxy) is 3. The molecule has 202 valence electrons. The van der Waals surface area contributed by atoms with Crippen molar-refractivity contribution in [2.45, 2.75) is 24.2 Å². The second kappa shape index (κ2) is 9.68. The summed E-state index contributed by atoms with van der Waals surface area (Å²) in [6, 6.07) is 18.0. The molecule has 0 fully saturated rings. The van der Waals surface area contributed by atoms with Crippen molar-refractivity contribution in [2.75, 3.05) is 26.2 Å². The van der Waals surface area contributed by atoms with E-state index in [1.165, 1.54) is 49.5 Å². The fourth-order valence-corrected chi connectivity index (χ4v) is 5.46. The summed E-state index contributed by atoms with van der Waals surface area (Å²) in [6.45, 7) is -0.0238. The minimum Gasteiger partial charge on any atom is -0.497 e. The number of amides is 2. The Bertz CT molecular complexity index is 1440. The van der Waals surface area contributed by atoms with Crippen LogP contribution in [-0.2, 0) is 21.6 Å². The Balaban J connectivity index is 1.79. The highest BCUT2D eigenvalue weighted by Crippen LogP contribution is 2.63. The number of anilines is 1. The Hall–Kier alpha value is -4.47. The largest absolute Gasteiger partial charge is 0.497 e. The molecule has 10 heteroatoms. The molecule has 2 atom stereocenters. The van der Waals surface area contributed by atoms with Crippen molar-refractivity contribution in [1.29, 1.82) is 0 Å². The number of carbonyl (C=O) groups excluding carboxylic acids is 2. The van der Waals surface area contributed by atoms with Crippen LogP contribution in [0, 0.1) is 0 Å². The minimum atomic E-state index is -5.01. The van der Waals surface area contributed by atoms with Crippen LogP contribution >= 0.6 is 0 Å². The molecule has 2 heterocycles. The van der Waals surface area contributed by atoms with Crippen molar-refractivity contribution in [3.63, 3.8) is 0 Å². The van der Waals surface area contributed by atoms with Crippen molar-refractivity contribution in [2.24, 2.45) is 0 Å². The second-order valence-corrected chi connectivity index (χ2v) is 9.15. The third-order valence-electron chi connectivity index (χ3n) is 7.20. The molecule has 0 spiro atoms. The summed E-state index contributed by atoms with van der Waals surface area (Å²) in [5.74, 6) is -1.78. The number of hydrogen-bond acceptors (Lipinski definition) is 5. The molecule has 39 heavy (non-hydrogen) atoms. The van der Waals surface area contributed by atoms with Crippen LogP contribution in [0.5, 0.6) is 11.5 Å². The fraction of sp³-hybridized carbons (Fsp3) is 0.241. The Morgan fingerprint density at radius 3 is 2.15 bits per heavy atom. The smallest absolute Gasteiger partial charge is 0.417 e. The summed E-state index contributed by atoms with van der Waals surface area (Å²) in [5, 5.41) is 0. The van der Waals surface area contributed by atoms with Crippen LogP contribution in [0.25, 0.3) is 0 Å². The number of alkyl halides is 3. The summed E-state index contributed by atoms with van der Waals surface area (Å²) in [4.78, 5) is 28.9. The summed E-state index contributed by atoms with van der Waals surface area (Å²) < 4.78 is 62.3. The molecular weight excluding hydrogens is 513 g/mol. The molecule has 3 aromatic carbocycles. The third kappa shape index (κ3) is 3.98. The average Bonchev–Trinajstić information content (AvgIpc) is 3.33. The fourth-order valence-electron chi connectivity index (χ4n) is 5.46. The zero-order chi connectivity index (χ0) is 27.9. The number of halogens is 3. The zero-order valence-electron chi connectivity index (χ0n) is 21.4. The minimum absolute atomic E-state index is 0.0238. The van der Waals surface area contributed by atoms with Gasteiger partial charge in [0.05, 0.1) is 45.1 Å². The number of carbonyl (C=O) groups is 2. The SMILES string of the molecule is COC(=O)C1=CN2C(=O)N(Cc3ccc(OC)cc3)c3ccc(OC)cc3[C@]2(C(F)(F)F)[C@@H]1c1ccccc1. The second-order valence-electron chi connectivity index (χ2n) is 9.15. The van der Waals surface area contributed by atoms with Crippen LogP contribution in [0.4, 0.5) is 23.7 Å². The number of hydrogen-bond donors (Lipinski definition) is 0. The van der Waals surface area contributed by atoms with Crippen LogP contribution < -0.4 is 14.4 Å². The van der Waals surface area contributed by atoms with Crippen LogP contribution in [0.1, 0.15) is 22.6 Å². The van der Waals surface area contributed by atoms with E-state index in [4.69, 9.17) is 14.2 Å². The molecular formula is C29H25F3N2O5. The normalized spacial score (nSPS) is 20.2. The van der Waals surface area contributed by atoms with Crippen molar-refractivity contribution < 1.29 is 37.0 Å². The molecule has 2 amide bonds. The van der Waals surface area contributed by atoms with Gasteiger partial charge in [-0.1, -0.05) is 42.5 Å². The highest BCUT2D eigenvalue weighted by atomic mass is 19.4. The Kier molecular flexibility index (Phi) is 6.49. The maximum Gasteiger partial charge on any atom is 0.417 e. The van der Waals surface area contributed by atoms with Crippen molar-refractivity contribution in [3.05, 3.63) is 101 Å². The maximum atomic E-state index is 15.6. The summed E-state index contributed by atoms with van der Waals surface area (Å²) in [7, 11) is 3.97. The topological polar surface area (TPSA) is 68.3 Å². The van der Waals surface area contributed by atoms with Crippen LogP contribution in [-0.4, -0.2) is 44.4 Å². The van der Waals surface area contributed by atoms with Crippen LogP contribution in [0.15, 0.2) is 84.6 Å². The number of fused-ring (bicyclic) bond motifs is 3. The first-order chi connectivity index (χ1) is 18.7. The number of urea groups is 1. The van der Waals surface area contributed by atoms with Gasteiger partial charge in [-0.2, -0.15) is 13.2 Å². The van der Waals surface area contributed by atoms with E-state index in [0.717, 1.165) is 13.3 Å². The number of methoxy groups -OCH3 is 3. The number of rotatable bonds is 6. The lowest BCUT2D eigenvalue weighted by atomic mass is 9.70. The van der Waals surface area contributed by atoms with E-state index in [2.05, 4.69) is 0 Å². The quantitative estimate of drug-likeness (QED) is 0.374. The Labute approximate surface area is 223 Å². The van der Waals surface area contributed by atoms with E-state index in [-0.39, 0.29) is 34.7 Å². The van der Waals surface area contributed by atoms with Crippen LogP contribution in [0.3, 0.4) is 0 Å². The Morgan fingerprint density at radius 2 is 1.56 bits per heavy atom. The first-order valence-corrected chi connectivity index (χ1v) is 12.0. The summed E-state index contributed by atoms with van der Waals surface area (Å²) in [6.07, 6.45) is -4.04. The molecule has 0 aliphatic carbocycles. The lowest BCUT2D eigenvalue weighted by molar-refractivity contribution is -0.223. The Morgan fingerprint density at radius 1 is 0.923 bits per heavy atom. The molecule has 0 bridgehead atoms. The summed E-state index contributed by atoms with van der Waals surface area (Å²) in [5.41, 5.74) is -2.50. The molecule has 0 radical (unpaired) electrons. The van der Waals surface area contributed by atoms with Crippen LogP contribution in [0.2, 0.25) is 0 Å². The van der Waals surface area contributed by atoms with E-state index in [0.29, 0.717) is 16.2 Å². The van der Waals surface area contributed by atoms with Gasteiger partial charge in [0.2, 0.25) is 0 Å². The van der Waals surface area contributed by atoms with Crippen molar-refractivity contribution in [1.82, 2.24) is 4.90 Å². The lowest BCUT2D eigenvalue weighted by Gasteiger charge is -2.50. The first-order valence-electron chi connectivity index (χ1n) is 12.0. The zero-order valence-corrected chi connectivity index (χ0v) is 21.4. The van der Waals surface area contributed by atoms with Gasteiger partial charge in [0.15, 0.2) is 5.54 Å². The first kappa shape index (κ1) is 26.1. The van der Waals surface area contributed by atoms with Gasteiger partial charge in [0.1, 0.15) is 11.5 Å². The molecule has 5 rings (SSSR count). The molecule has 7 nitrogen and oxygen atoms in total. The maximum absolute atomic E-state index is 15.6. The van der Waals surface area contributed by atoms with Gasteiger partial charge in [-0.05, 0) is 41.5 Å². The monoisotopic (exact) mass is 538 g/mol. The van der Waals surface area contributed by atoms with Gasteiger partial charge >= 0.3 is 18.2 Å². The van der Waals surface area contributed by atoms with Crippen molar-refractivity contribution in [3.8, 4) is 11.5 Å². The average molecular weight is 539 g/mol. The number of esters is 1. The molecule has 3 aromatic rings. The van der Waals surface area contributed by atoms with Gasteiger partial charge < -0.3 is 14.2 Å². The van der Waals surface area contributed by atoms with E-state index < -0.39 is 29.6 Å². The molecule has 0 saturated carbocycles. The van der Waals surface area contributed by atoms with E-state index >= 15 is 13.2 Å². The van der Waals surface area contributed by atoms with E-state index in [9.17, 15) is 9.59 Å². The van der Waals surface area contributed by atoms with Gasteiger partial charge in [0.25, 0.3) is 0 Å². The molecule has 0 unspecified atom stereocenters. The molecule has 2 aliphatic rings. The van der Waals surface area contributed by atoms with Gasteiger partial charge in [0, 0.05) is 11.8 Å².